The third kappa shape index (κ3) is 5.24. The van der Waals surface area contributed by atoms with E-state index in [0.29, 0.717) is 11.3 Å². The number of ether oxygens (including phenoxy) is 3. The van der Waals surface area contributed by atoms with Crippen LogP contribution in [0, 0.1) is 6.85 Å². The van der Waals surface area contributed by atoms with Crippen molar-refractivity contribution in [2.24, 2.45) is 0 Å². The van der Waals surface area contributed by atoms with Crippen LogP contribution >= 0.6 is 0 Å². The summed E-state index contributed by atoms with van der Waals surface area (Å²) in [7, 11) is 0. The summed E-state index contributed by atoms with van der Waals surface area (Å²) in [5.74, 6) is -0.216. The molecular weight excluding hydrogens is 416 g/mol. The molecule has 1 aliphatic heterocycles. The van der Waals surface area contributed by atoms with Crippen molar-refractivity contribution in [1.29, 1.82) is 0 Å². The van der Waals surface area contributed by atoms with Gasteiger partial charge in [-0.3, -0.25) is 4.68 Å². The highest BCUT2D eigenvalue weighted by atomic mass is 16.7. The van der Waals surface area contributed by atoms with E-state index in [9.17, 15) is 20.4 Å². The number of nitrogens with zero attached hydrogens (tertiary/aromatic N) is 2. The Bertz CT molecular complexity index is 1200. The van der Waals surface area contributed by atoms with Crippen molar-refractivity contribution in [1.82, 2.24) is 9.78 Å². The number of hydrogen-bond acceptors (Lipinski definition) is 8. The summed E-state index contributed by atoms with van der Waals surface area (Å²) in [6.45, 7) is -7.67. The van der Waals surface area contributed by atoms with Gasteiger partial charge in [-0.25, -0.2) is 0 Å². The minimum Gasteiger partial charge on any atom is -0.491 e. The average Bonchev–Trinajstić information content (AvgIpc) is 3.21. The molecule has 0 spiro atoms. The standard InChI is InChI=1S/C23H34N2O7/c1-12(2)25-14(5)17(10-15-6-8-16(9-7-15)30-13(3)4)22(24-25)32-23-21(29)20(28)19(27)18(11-26)31-23/h6-9,12-13,18-21,23,26-29H,10-11H2,1-5H3/t18-,19-,20+,21-,23+/m1/s1/i1D3,2D3,5D3,12D. The molecule has 1 aromatic carbocycles. The summed E-state index contributed by atoms with van der Waals surface area (Å²) in [5.41, 5.74) is -0.852. The zero-order valence-electron chi connectivity index (χ0n) is 27.6. The van der Waals surface area contributed by atoms with Crippen LogP contribution in [0.15, 0.2) is 24.3 Å². The Morgan fingerprint density at radius 3 is 2.47 bits per heavy atom. The van der Waals surface area contributed by atoms with Crippen molar-refractivity contribution in [2.45, 2.75) is 83.7 Å². The van der Waals surface area contributed by atoms with Gasteiger partial charge in [0.15, 0.2) is 0 Å². The van der Waals surface area contributed by atoms with Crippen molar-refractivity contribution in [3.63, 3.8) is 0 Å². The van der Waals surface area contributed by atoms with Crippen LogP contribution in [0.4, 0.5) is 0 Å². The highest BCUT2D eigenvalue weighted by Crippen LogP contribution is 2.31. The summed E-state index contributed by atoms with van der Waals surface area (Å²) in [6, 6.07) is 2.71. The second-order valence-electron chi connectivity index (χ2n) is 7.70. The Morgan fingerprint density at radius 1 is 1.16 bits per heavy atom. The normalized spacial score (nSPS) is 32.2. The molecule has 2 heterocycles. The van der Waals surface area contributed by atoms with Gasteiger partial charge in [-0.2, -0.15) is 0 Å². The summed E-state index contributed by atoms with van der Waals surface area (Å²) >= 11 is 0. The van der Waals surface area contributed by atoms with Crippen LogP contribution < -0.4 is 9.47 Å². The lowest BCUT2D eigenvalue weighted by molar-refractivity contribution is -0.278. The van der Waals surface area contributed by atoms with Crippen LogP contribution in [-0.4, -0.2) is 73.6 Å². The van der Waals surface area contributed by atoms with E-state index in [0.717, 1.165) is 0 Å². The van der Waals surface area contributed by atoms with Gasteiger partial charge in [-0.15, -0.1) is 5.10 Å². The van der Waals surface area contributed by atoms with Crippen molar-refractivity contribution in [2.75, 3.05) is 6.61 Å². The Morgan fingerprint density at radius 2 is 1.88 bits per heavy atom. The summed E-state index contributed by atoms with van der Waals surface area (Å²) in [4.78, 5) is 0. The van der Waals surface area contributed by atoms with Gasteiger partial charge in [-0.05, 0) is 52.1 Å². The molecule has 9 heteroatoms. The summed E-state index contributed by atoms with van der Waals surface area (Å²) < 4.78 is 97.0. The van der Waals surface area contributed by atoms with Crippen LogP contribution in [0.2, 0.25) is 0 Å². The smallest absolute Gasteiger partial charge is 0.239 e. The SMILES string of the molecule is [2H]C([2H])([2H])c1c(Cc2ccc(OC(C)C)cc2)c(O[C@@H]2O[C@H](CO)[C@@H](O)[C@H](O)[C@H]2O)nn1C([2H])(C([2H])([2H])[2H])C([2H])([2H])[2H]. The van der Waals surface area contributed by atoms with Gasteiger partial charge in [0.1, 0.15) is 30.2 Å². The first-order valence-corrected chi connectivity index (χ1v) is 9.99. The van der Waals surface area contributed by atoms with E-state index in [2.05, 4.69) is 5.10 Å². The number of hydrogen-bond donors (Lipinski definition) is 4. The van der Waals surface area contributed by atoms with Gasteiger partial charge in [0.2, 0.25) is 12.2 Å². The molecule has 5 atom stereocenters. The number of aromatic nitrogens is 2. The van der Waals surface area contributed by atoms with Gasteiger partial charge in [0.25, 0.3) is 0 Å². The first kappa shape index (κ1) is 14.2. The van der Waals surface area contributed by atoms with E-state index in [1.807, 2.05) is 13.8 Å². The molecule has 3 rings (SSSR count). The van der Waals surface area contributed by atoms with Gasteiger partial charge in [0.05, 0.1) is 14.1 Å². The van der Waals surface area contributed by atoms with Crippen LogP contribution in [0.1, 0.15) is 64.1 Å². The van der Waals surface area contributed by atoms with Crippen LogP contribution in [-0.2, 0) is 11.2 Å². The molecule has 0 amide bonds. The molecule has 178 valence electrons. The van der Waals surface area contributed by atoms with Crippen LogP contribution in [0.25, 0.3) is 0 Å². The molecule has 2 aromatic rings. The van der Waals surface area contributed by atoms with Crippen molar-refractivity contribution < 1.29 is 48.3 Å². The Kier molecular flexibility index (Phi) is 4.51. The predicted molar refractivity (Wildman–Crippen MR) is 117 cm³/mol. The molecule has 1 fully saturated rings. The molecule has 0 aliphatic carbocycles. The first-order valence-electron chi connectivity index (χ1n) is 15.0. The number of aliphatic hydroxyl groups excluding tert-OH is 4. The van der Waals surface area contributed by atoms with Gasteiger partial charge >= 0.3 is 0 Å². The summed E-state index contributed by atoms with van der Waals surface area (Å²) in [5, 5.41) is 44.2. The third-order valence-electron chi connectivity index (χ3n) is 4.91. The molecular formula is C23H34N2O7. The van der Waals surface area contributed by atoms with E-state index >= 15 is 0 Å². The maximum Gasteiger partial charge on any atom is 0.239 e. The Hall–Kier alpha value is -2.17. The fourth-order valence-corrected chi connectivity index (χ4v) is 3.28. The molecule has 0 bridgehead atoms. The van der Waals surface area contributed by atoms with E-state index in [4.69, 9.17) is 27.9 Å². The molecule has 9 nitrogen and oxygen atoms in total. The van der Waals surface area contributed by atoms with Gasteiger partial charge in [-0.1, -0.05) is 12.1 Å². The molecule has 4 N–H and O–H groups in total. The lowest BCUT2D eigenvalue weighted by Gasteiger charge is -2.39. The first-order chi connectivity index (χ1) is 19.1. The minimum atomic E-state index is -3.63. The lowest BCUT2D eigenvalue weighted by Crippen LogP contribution is -2.60. The van der Waals surface area contributed by atoms with Gasteiger partial charge in [0, 0.05) is 36.0 Å². The molecule has 0 radical (unpaired) electrons. The summed E-state index contributed by atoms with van der Waals surface area (Å²) in [6.07, 6.45) is -9.37. The molecule has 0 unspecified atom stereocenters. The fourth-order valence-electron chi connectivity index (χ4n) is 3.28. The Balaban J connectivity index is 2.26. The second-order valence-corrected chi connectivity index (χ2v) is 7.70. The quantitative estimate of drug-likeness (QED) is 0.465. The zero-order valence-corrected chi connectivity index (χ0v) is 17.6. The second kappa shape index (κ2) is 10.2. The maximum atomic E-state index is 10.5. The van der Waals surface area contributed by atoms with Crippen LogP contribution in [0.3, 0.4) is 0 Å². The van der Waals surface area contributed by atoms with E-state index in [1.54, 1.807) is 24.3 Å². The molecule has 1 saturated heterocycles. The highest BCUT2D eigenvalue weighted by molar-refractivity contribution is 5.38. The predicted octanol–water partition coefficient (Wildman–Crippen LogP) is 1.33. The van der Waals surface area contributed by atoms with Gasteiger partial charge < -0.3 is 34.6 Å². The molecule has 1 aliphatic rings. The number of benzene rings is 1. The third-order valence-corrected chi connectivity index (χ3v) is 4.91. The monoisotopic (exact) mass is 460 g/mol. The van der Waals surface area contributed by atoms with Crippen molar-refractivity contribution >= 4 is 0 Å². The van der Waals surface area contributed by atoms with E-state index in [1.165, 1.54) is 0 Å². The minimum absolute atomic E-state index is 0.0743. The fraction of sp³-hybridized carbons (Fsp3) is 0.609. The number of aliphatic hydroxyl groups is 4. The highest BCUT2D eigenvalue weighted by Gasteiger charge is 2.45. The van der Waals surface area contributed by atoms with E-state index < -0.39 is 75.5 Å². The Labute approximate surface area is 202 Å². The average molecular weight is 461 g/mol. The van der Waals surface area contributed by atoms with Crippen LogP contribution in [0.5, 0.6) is 11.6 Å². The van der Waals surface area contributed by atoms with E-state index in [-0.39, 0.29) is 22.8 Å². The topological polar surface area (TPSA) is 126 Å². The molecule has 1 aromatic heterocycles. The maximum absolute atomic E-state index is 10.5. The van der Waals surface area contributed by atoms with Crippen molar-refractivity contribution in [3.8, 4) is 11.6 Å². The van der Waals surface area contributed by atoms with Crippen molar-refractivity contribution in [3.05, 3.63) is 41.1 Å². The zero-order chi connectivity index (χ0) is 32.0. The number of rotatable bonds is 8. The molecule has 32 heavy (non-hydrogen) atoms. The lowest BCUT2D eigenvalue weighted by atomic mass is 9.99. The molecule has 0 saturated carbocycles. The largest absolute Gasteiger partial charge is 0.491 e.